The van der Waals surface area contributed by atoms with E-state index in [1.165, 1.54) is 18.3 Å². The molecule has 0 fully saturated rings. The van der Waals surface area contributed by atoms with Crippen molar-refractivity contribution in [2.75, 3.05) is 10.5 Å². The molecule has 0 aliphatic rings. The van der Waals surface area contributed by atoms with Gasteiger partial charge >= 0.3 is 0 Å². The van der Waals surface area contributed by atoms with Crippen molar-refractivity contribution in [3.63, 3.8) is 0 Å². The van der Waals surface area contributed by atoms with Crippen LogP contribution in [0.4, 0.5) is 19.7 Å². The number of hydrogen-bond acceptors (Lipinski definition) is 9. The monoisotopic (exact) mass is 502 g/mol. The van der Waals surface area contributed by atoms with Crippen molar-refractivity contribution < 1.29 is 21.7 Å². The summed E-state index contributed by atoms with van der Waals surface area (Å²) in [5.74, 6) is -2.25. The molecule has 10 nitrogen and oxygen atoms in total. The van der Waals surface area contributed by atoms with Gasteiger partial charge in [-0.3, -0.25) is 14.1 Å². The van der Waals surface area contributed by atoms with E-state index in [1.807, 2.05) is 4.72 Å². The number of anilines is 2. The second-order valence-corrected chi connectivity index (χ2v) is 9.39. The number of nitrogen functional groups attached to an aromatic ring is 1. The molecular weight excluding hydrogens is 490 g/mol. The fourth-order valence-electron chi connectivity index (χ4n) is 3.32. The number of rotatable bonds is 5. The Morgan fingerprint density at radius 1 is 1.12 bits per heavy atom. The van der Waals surface area contributed by atoms with Crippen LogP contribution >= 0.6 is 11.5 Å². The number of aromatic nitrogens is 4. The highest BCUT2D eigenvalue weighted by Gasteiger charge is 2.24. The lowest BCUT2D eigenvalue weighted by Gasteiger charge is -2.12. The molecule has 0 amide bonds. The van der Waals surface area contributed by atoms with E-state index in [0.717, 1.165) is 22.4 Å². The van der Waals surface area contributed by atoms with Crippen molar-refractivity contribution >= 4 is 43.5 Å². The average Bonchev–Trinajstić information content (AvgIpc) is 3.44. The Morgan fingerprint density at radius 3 is 2.71 bits per heavy atom. The van der Waals surface area contributed by atoms with E-state index >= 15 is 0 Å². The number of fused-ring (bicyclic) bond motifs is 1. The van der Waals surface area contributed by atoms with Gasteiger partial charge in [0.25, 0.3) is 15.6 Å². The van der Waals surface area contributed by atoms with E-state index < -0.39 is 37.8 Å². The van der Waals surface area contributed by atoms with Crippen molar-refractivity contribution in [3.05, 3.63) is 77.0 Å². The van der Waals surface area contributed by atoms with Crippen LogP contribution in [0.3, 0.4) is 0 Å². The standard InChI is InChI=1S/C20H12F2N6O4S2/c21-13-8-17(34(30,31)27-20-24-9-25-33-20)14(22)7-15(13)28-5-1-2-11(19(28)29)10-3-4-16-12(6-10)18(23)26-32-16/h1-9H,(H2,23,26)(H,24,25,27). The van der Waals surface area contributed by atoms with Gasteiger partial charge in [0.15, 0.2) is 11.4 Å². The van der Waals surface area contributed by atoms with E-state index in [2.05, 4.69) is 14.5 Å². The van der Waals surface area contributed by atoms with Crippen molar-refractivity contribution in [2.45, 2.75) is 4.90 Å². The lowest BCUT2D eigenvalue weighted by atomic mass is 10.1. The molecule has 34 heavy (non-hydrogen) atoms. The number of halogens is 2. The predicted molar refractivity (Wildman–Crippen MR) is 120 cm³/mol. The predicted octanol–water partition coefficient (Wildman–Crippen LogP) is 3.16. The number of hydrogen-bond donors (Lipinski definition) is 2. The quantitative estimate of drug-likeness (QED) is 0.373. The molecule has 3 heterocycles. The van der Waals surface area contributed by atoms with Crippen LogP contribution in [0.5, 0.6) is 0 Å². The van der Waals surface area contributed by atoms with Gasteiger partial charge in [-0.05, 0) is 35.9 Å². The highest BCUT2D eigenvalue weighted by atomic mass is 32.2. The van der Waals surface area contributed by atoms with E-state index in [4.69, 9.17) is 10.3 Å². The Bertz CT molecular complexity index is 1720. The second-order valence-electron chi connectivity index (χ2n) is 6.96. The molecule has 0 unspecified atom stereocenters. The summed E-state index contributed by atoms with van der Waals surface area (Å²) in [5, 5.41) is 4.03. The third kappa shape index (κ3) is 3.68. The van der Waals surface area contributed by atoms with Crippen LogP contribution in [-0.4, -0.2) is 27.5 Å². The van der Waals surface area contributed by atoms with Crippen LogP contribution < -0.4 is 16.0 Å². The van der Waals surface area contributed by atoms with Gasteiger partial charge in [-0.2, -0.15) is 4.37 Å². The van der Waals surface area contributed by atoms with Crippen LogP contribution in [0.1, 0.15) is 0 Å². The first-order chi connectivity index (χ1) is 16.2. The molecule has 3 aromatic heterocycles. The average molecular weight is 502 g/mol. The number of benzene rings is 2. The van der Waals surface area contributed by atoms with Crippen LogP contribution in [-0.2, 0) is 10.0 Å². The zero-order valence-electron chi connectivity index (χ0n) is 16.8. The molecule has 172 valence electrons. The molecule has 0 bridgehead atoms. The summed E-state index contributed by atoms with van der Waals surface area (Å²) in [4.78, 5) is 15.9. The van der Waals surface area contributed by atoms with Crippen LogP contribution in [0.2, 0.25) is 0 Å². The van der Waals surface area contributed by atoms with Gasteiger partial charge in [0.05, 0.1) is 11.1 Å². The fraction of sp³-hybridized carbons (Fsp3) is 0. The van der Waals surface area contributed by atoms with Gasteiger partial charge in [-0.25, -0.2) is 22.2 Å². The third-order valence-corrected chi connectivity index (χ3v) is 6.95. The van der Waals surface area contributed by atoms with Crippen LogP contribution in [0.25, 0.3) is 27.8 Å². The Labute approximate surface area is 193 Å². The molecule has 0 saturated carbocycles. The molecule has 5 aromatic rings. The summed E-state index contributed by atoms with van der Waals surface area (Å²) < 4.78 is 66.3. The van der Waals surface area contributed by atoms with Gasteiger partial charge in [-0.1, -0.05) is 11.2 Å². The lowest BCUT2D eigenvalue weighted by Crippen LogP contribution is -2.21. The molecule has 3 N–H and O–H groups in total. The Morgan fingerprint density at radius 2 is 1.94 bits per heavy atom. The summed E-state index contributed by atoms with van der Waals surface area (Å²) in [6.07, 6.45) is 2.35. The van der Waals surface area contributed by atoms with Crippen molar-refractivity contribution in [3.8, 4) is 16.8 Å². The summed E-state index contributed by atoms with van der Waals surface area (Å²) in [6, 6.07) is 8.87. The van der Waals surface area contributed by atoms with E-state index in [0.29, 0.717) is 28.7 Å². The van der Waals surface area contributed by atoms with Crippen LogP contribution in [0, 0.1) is 11.6 Å². The maximum absolute atomic E-state index is 15.0. The van der Waals surface area contributed by atoms with Crippen LogP contribution in [0.15, 0.2) is 69.2 Å². The van der Waals surface area contributed by atoms with Crippen molar-refractivity contribution in [1.29, 1.82) is 0 Å². The van der Waals surface area contributed by atoms with Gasteiger partial charge in [0.1, 0.15) is 22.9 Å². The van der Waals surface area contributed by atoms with Gasteiger partial charge in [0.2, 0.25) is 5.13 Å². The largest absolute Gasteiger partial charge is 0.380 e. The molecule has 0 atom stereocenters. The molecule has 0 aliphatic carbocycles. The Kier molecular flexibility index (Phi) is 5.10. The van der Waals surface area contributed by atoms with E-state index in [1.54, 1.807) is 18.2 Å². The lowest BCUT2D eigenvalue weighted by molar-refractivity contribution is 0.460. The summed E-state index contributed by atoms with van der Waals surface area (Å²) in [5.41, 5.74) is 5.67. The Balaban J connectivity index is 1.59. The summed E-state index contributed by atoms with van der Waals surface area (Å²) >= 11 is 0.727. The number of nitrogens with two attached hydrogens (primary N) is 1. The van der Waals surface area contributed by atoms with Gasteiger partial charge in [-0.15, -0.1) is 0 Å². The zero-order chi connectivity index (χ0) is 24.0. The normalized spacial score (nSPS) is 11.7. The SMILES string of the molecule is Nc1noc2ccc(-c3cccn(-c4cc(F)c(S(=O)(=O)Nc5ncns5)cc4F)c3=O)cc12. The number of pyridine rings is 1. The first-order valence-electron chi connectivity index (χ1n) is 9.40. The zero-order valence-corrected chi connectivity index (χ0v) is 18.4. The van der Waals surface area contributed by atoms with E-state index in [9.17, 15) is 22.0 Å². The first-order valence-corrected chi connectivity index (χ1v) is 11.7. The number of nitrogens with zero attached hydrogens (tertiary/aromatic N) is 4. The molecular formula is C20H12F2N6O4S2. The highest BCUT2D eigenvalue weighted by molar-refractivity contribution is 7.93. The molecule has 14 heteroatoms. The van der Waals surface area contributed by atoms with Crippen molar-refractivity contribution in [1.82, 2.24) is 19.1 Å². The molecule has 2 aromatic carbocycles. The van der Waals surface area contributed by atoms with E-state index in [-0.39, 0.29) is 16.5 Å². The smallest absolute Gasteiger partial charge is 0.266 e. The maximum Gasteiger partial charge on any atom is 0.266 e. The third-order valence-electron chi connectivity index (χ3n) is 4.89. The molecule has 5 rings (SSSR count). The molecule has 0 aliphatic heterocycles. The van der Waals surface area contributed by atoms with Gasteiger partial charge in [0, 0.05) is 29.4 Å². The summed E-state index contributed by atoms with van der Waals surface area (Å²) in [6.45, 7) is 0. The Hall–Kier alpha value is -4.17. The highest BCUT2D eigenvalue weighted by Crippen LogP contribution is 2.27. The summed E-state index contributed by atoms with van der Waals surface area (Å²) in [7, 11) is -4.49. The molecule has 0 saturated heterocycles. The van der Waals surface area contributed by atoms with Gasteiger partial charge < -0.3 is 10.3 Å². The minimum Gasteiger partial charge on any atom is -0.380 e. The minimum atomic E-state index is -4.49. The number of sulfonamides is 1. The minimum absolute atomic E-state index is 0.113. The topological polar surface area (TPSA) is 146 Å². The fourth-order valence-corrected chi connectivity index (χ4v) is 5.06. The molecule has 0 radical (unpaired) electrons. The first kappa shape index (κ1) is 21.7. The molecule has 0 spiro atoms. The number of nitrogens with one attached hydrogen (secondary N) is 1. The van der Waals surface area contributed by atoms with Crippen molar-refractivity contribution in [2.24, 2.45) is 0 Å². The maximum atomic E-state index is 15.0. The second kappa shape index (κ2) is 8.00.